The smallest absolute Gasteiger partial charge is 0.335 e. The molecule has 0 saturated carbocycles. The average Bonchev–Trinajstić information content (AvgIpc) is 2.66. The molecule has 0 bridgehead atoms. The number of carboxylic acids is 1. The Morgan fingerprint density at radius 1 is 1.40 bits per heavy atom. The first-order valence-corrected chi connectivity index (χ1v) is 7.34. The first kappa shape index (κ1) is 15.0. The molecule has 1 fully saturated rings. The number of likely N-dealkylation sites (tertiary alicyclic amines) is 1. The van der Waals surface area contributed by atoms with Crippen LogP contribution < -0.4 is 0 Å². The molecule has 0 radical (unpaired) electrons. The molecule has 1 unspecified atom stereocenters. The second kappa shape index (κ2) is 6.84. The molecule has 0 spiro atoms. The van der Waals surface area contributed by atoms with E-state index in [0.717, 1.165) is 31.8 Å². The largest absolute Gasteiger partial charge is 0.478 e. The average molecular weight is 279 g/mol. The summed E-state index contributed by atoms with van der Waals surface area (Å²) < 4.78 is 13.8. The van der Waals surface area contributed by atoms with Crippen molar-refractivity contribution in [1.82, 2.24) is 4.90 Å². The van der Waals surface area contributed by atoms with Crippen molar-refractivity contribution in [1.29, 1.82) is 0 Å². The summed E-state index contributed by atoms with van der Waals surface area (Å²) in [5.74, 6) is -0.547. The van der Waals surface area contributed by atoms with E-state index in [1.54, 1.807) is 0 Å². The number of aromatic carboxylic acids is 1. The van der Waals surface area contributed by atoms with Crippen LogP contribution in [0.4, 0.5) is 4.39 Å². The van der Waals surface area contributed by atoms with Crippen molar-refractivity contribution in [3.8, 4) is 0 Å². The molecule has 4 heteroatoms. The third kappa shape index (κ3) is 3.79. The van der Waals surface area contributed by atoms with E-state index in [-0.39, 0.29) is 11.4 Å². The van der Waals surface area contributed by atoms with E-state index in [2.05, 4.69) is 11.8 Å². The molecular weight excluding hydrogens is 257 g/mol. The van der Waals surface area contributed by atoms with Crippen molar-refractivity contribution >= 4 is 5.97 Å². The van der Waals surface area contributed by atoms with Gasteiger partial charge >= 0.3 is 5.97 Å². The van der Waals surface area contributed by atoms with Gasteiger partial charge in [0.1, 0.15) is 5.82 Å². The highest BCUT2D eigenvalue weighted by Gasteiger charge is 2.17. The van der Waals surface area contributed by atoms with Crippen LogP contribution in [0.15, 0.2) is 18.2 Å². The minimum absolute atomic E-state index is 0.155. The zero-order valence-electron chi connectivity index (χ0n) is 11.9. The molecule has 20 heavy (non-hydrogen) atoms. The number of nitrogens with zero attached hydrogens (tertiary/aromatic N) is 1. The van der Waals surface area contributed by atoms with E-state index >= 15 is 0 Å². The zero-order valence-corrected chi connectivity index (χ0v) is 11.9. The highest BCUT2D eigenvalue weighted by atomic mass is 19.1. The number of carbonyl (C=O) groups is 1. The number of carboxylic acid groups (broad SMARTS) is 1. The maximum absolute atomic E-state index is 13.8. The van der Waals surface area contributed by atoms with Gasteiger partial charge in [0.25, 0.3) is 0 Å². The number of rotatable bonds is 4. The molecule has 1 heterocycles. The third-order valence-electron chi connectivity index (χ3n) is 4.20. The van der Waals surface area contributed by atoms with Gasteiger partial charge in [-0.15, -0.1) is 0 Å². The standard InChI is InChI=1S/C16H22FNO2/c1-2-12-4-3-8-18(9-7-12)11-14-10-13(16(19)20)5-6-15(14)17/h5-6,10,12H,2-4,7-9,11H2,1H3,(H,19,20). The summed E-state index contributed by atoms with van der Waals surface area (Å²) in [6.07, 6.45) is 4.73. The topological polar surface area (TPSA) is 40.5 Å². The lowest BCUT2D eigenvalue weighted by atomic mass is 9.98. The summed E-state index contributed by atoms with van der Waals surface area (Å²) in [5.41, 5.74) is 0.641. The molecular formula is C16H22FNO2. The lowest BCUT2D eigenvalue weighted by Gasteiger charge is -2.20. The van der Waals surface area contributed by atoms with E-state index in [1.807, 2.05) is 0 Å². The Balaban J connectivity index is 2.05. The van der Waals surface area contributed by atoms with E-state index < -0.39 is 5.97 Å². The summed E-state index contributed by atoms with van der Waals surface area (Å²) in [7, 11) is 0. The maximum Gasteiger partial charge on any atom is 0.335 e. The molecule has 0 aliphatic carbocycles. The monoisotopic (exact) mass is 279 g/mol. The minimum Gasteiger partial charge on any atom is -0.478 e. The van der Waals surface area contributed by atoms with Gasteiger partial charge in [-0.25, -0.2) is 9.18 Å². The summed E-state index contributed by atoms with van der Waals surface area (Å²) in [5, 5.41) is 8.98. The Kier molecular flexibility index (Phi) is 5.12. The van der Waals surface area contributed by atoms with Crippen molar-refractivity contribution < 1.29 is 14.3 Å². The van der Waals surface area contributed by atoms with Gasteiger partial charge in [-0.05, 0) is 56.5 Å². The van der Waals surface area contributed by atoms with E-state index in [9.17, 15) is 9.18 Å². The van der Waals surface area contributed by atoms with Gasteiger partial charge < -0.3 is 5.11 Å². The van der Waals surface area contributed by atoms with Crippen LogP contribution in [0.25, 0.3) is 0 Å². The van der Waals surface area contributed by atoms with Gasteiger partial charge in [-0.3, -0.25) is 4.90 Å². The SMILES string of the molecule is CCC1CCCN(Cc2cc(C(=O)O)ccc2F)CC1. The summed E-state index contributed by atoms with van der Waals surface area (Å²) in [4.78, 5) is 13.2. The second-order valence-corrected chi connectivity index (χ2v) is 5.59. The van der Waals surface area contributed by atoms with Crippen LogP contribution in [-0.4, -0.2) is 29.1 Å². The molecule has 0 amide bonds. The van der Waals surface area contributed by atoms with E-state index in [4.69, 9.17) is 5.11 Å². The van der Waals surface area contributed by atoms with Crippen LogP contribution in [-0.2, 0) is 6.54 Å². The molecule has 1 aromatic carbocycles. The van der Waals surface area contributed by atoms with Gasteiger partial charge in [-0.2, -0.15) is 0 Å². The summed E-state index contributed by atoms with van der Waals surface area (Å²) in [6, 6.07) is 4.03. The van der Waals surface area contributed by atoms with Gasteiger partial charge in [-0.1, -0.05) is 13.3 Å². The van der Waals surface area contributed by atoms with Crippen LogP contribution in [0.3, 0.4) is 0 Å². The predicted octanol–water partition coefficient (Wildman–Crippen LogP) is 3.54. The number of benzene rings is 1. The van der Waals surface area contributed by atoms with Crippen LogP contribution in [0.1, 0.15) is 48.5 Å². The predicted molar refractivity (Wildman–Crippen MR) is 76.3 cm³/mol. The van der Waals surface area contributed by atoms with Crippen molar-refractivity contribution in [3.63, 3.8) is 0 Å². The van der Waals surface area contributed by atoms with Crippen LogP contribution in [0.5, 0.6) is 0 Å². The van der Waals surface area contributed by atoms with E-state index in [1.165, 1.54) is 31.0 Å². The lowest BCUT2D eigenvalue weighted by molar-refractivity contribution is 0.0696. The Bertz CT molecular complexity index is 476. The normalized spacial score (nSPS) is 20.6. The Labute approximate surface area is 119 Å². The fourth-order valence-corrected chi connectivity index (χ4v) is 2.86. The van der Waals surface area contributed by atoms with Crippen LogP contribution in [0, 0.1) is 11.7 Å². The summed E-state index contributed by atoms with van der Waals surface area (Å²) in [6.45, 7) is 4.65. The Morgan fingerprint density at radius 2 is 2.20 bits per heavy atom. The number of hydrogen-bond donors (Lipinski definition) is 1. The van der Waals surface area contributed by atoms with Crippen molar-refractivity contribution in [3.05, 3.63) is 35.1 Å². The van der Waals surface area contributed by atoms with Gasteiger partial charge in [0.05, 0.1) is 5.56 Å². The highest BCUT2D eigenvalue weighted by molar-refractivity contribution is 5.87. The van der Waals surface area contributed by atoms with Crippen molar-refractivity contribution in [2.24, 2.45) is 5.92 Å². The first-order chi connectivity index (χ1) is 9.60. The number of halogens is 1. The molecule has 3 nitrogen and oxygen atoms in total. The molecule has 1 atom stereocenters. The Hall–Kier alpha value is -1.42. The fraction of sp³-hybridized carbons (Fsp3) is 0.562. The minimum atomic E-state index is -1.01. The molecule has 110 valence electrons. The highest BCUT2D eigenvalue weighted by Crippen LogP contribution is 2.22. The van der Waals surface area contributed by atoms with Gasteiger partial charge in [0.2, 0.25) is 0 Å². The second-order valence-electron chi connectivity index (χ2n) is 5.59. The van der Waals surface area contributed by atoms with Crippen molar-refractivity contribution in [2.45, 2.75) is 39.2 Å². The quantitative estimate of drug-likeness (QED) is 0.916. The third-order valence-corrected chi connectivity index (χ3v) is 4.20. The fourth-order valence-electron chi connectivity index (χ4n) is 2.86. The molecule has 0 aromatic heterocycles. The van der Waals surface area contributed by atoms with Crippen LogP contribution >= 0.6 is 0 Å². The molecule has 1 aliphatic rings. The van der Waals surface area contributed by atoms with E-state index in [0.29, 0.717) is 12.1 Å². The van der Waals surface area contributed by atoms with Crippen LogP contribution in [0.2, 0.25) is 0 Å². The molecule has 1 saturated heterocycles. The summed E-state index contributed by atoms with van der Waals surface area (Å²) >= 11 is 0. The number of hydrogen-bond acceptors (Lipinski definition) is 2. The van der Waals surface area contributed by atoms with Crippen molar-refractivity contribution in [2.75, 3.05) is 13.1 Å². The molecule has 1 aliphatic heterocycles. The maximum atomic E-state index is 13.8. The first-order valence-electron chi connectivity index (χ1n) is 7.34. The lowest BCUT2D eigenvalue weighted by Crippen LogP contribution is -2.25. The Morgan fingerprint density at radius 3 is 2.90 bits per heavy atom. The molecule has 1 aromatic rings. The molecule has 2 rings (SSSR count). The zero-order chi connectivity index (χ0) is 14.5. The van der Waals surface area contributed by atoms with Gasteiger partial charge in [0.15, 0.2) is 0 Å². The van der Waals surface area contributed by atoms with Gasteiger partial charge in [0, 0.05) is 12.1 Å². The molecule has 1 N–H and O–H groups in total.